The Balaban J connectivity index is 1.79. The standard InChI is InChI=1S/C17H20N2O/c1-2-19-17(14-4-3-11-18-12-14)13-5-7-15(8-6-13)20-16-9-10-16/h3-8,11-12,16-17,19H,2,9-10H2,1H3. The van der Waals surface area contributed by atoms with Gasteiger partial charge in [0.2, 0.25) is 0 Å². The van der Waals surface area contributed by atoms with Gasteiger partial charge >= 0.3 is 0 Å². The van der Waals surface area contributed by atoms with Crippen LogP contribution >= 0.6 is 0 Å². The van der Waals surface area contributed by atoms with Crippen molar-refractivity contribution < 1.29 is 4.74 Å². The van der Waals surface area contributed by atoms with E-state index in [1.165, 1.54) is 24.0 Å². The quantitative estimate of drug-likeness (QED) is 0.872. The van der Waals surface area contributed by atoms with Crippen LogP contribution in [0.5, 0.6) is 5.75 Å². The molecule has 1 saturated carbocycles. The van der Waals surface area contributed by atoms with E-state index in [9.17, 15) is 0 Å². The number of nitrogens with one attached hydrogen (secondary N) is 1. The lowest BCUT2D eigenvalue weighted by atomic mass is 10.00. The lowest BCUT2D eigenvalue weighted by Gasteiger charge is -2.19. The second kappa shape index (κ2) is 6.06. The zero-order valence-electron chi connectivity index (χ0n) is 11.8. The van der Waals surface area contributed by atoms with Gasteiger partial charge in [0.05, 0.1) is 12.1 Å². The largest absolute Gasteiger partial charge is 0.490 e. The van der Waals surface area contributed by atoms with Crippen LogP contribution in [0.2, 0.25) is 0 Å². The molecule has 0 radical (unpaired) electrons. The third-order valence-electron chi connectivity index (χ3n) is 3.47. The zero-order chi connectivity index (χ0) is 13.8. The number of ether oxygens (including phenoxy) is 1. The summed E-state index contributed by atoms with van der Waals surface area (Å²) in [7, 11) is 0. The number of benzene rings is 1. The molecule has 0 bridgehead atoms. The summed E-state index contributed by atoms with van der Waals surface area (Å²) in [5.41, 5.74) is 2.42. The number of rotatable bonds is 6. The van der Waals surface area contributed by atoms with E-state index < -0.39 is 0 Å². The summed E-state index contributed by atoms with van der Waals surface area (Å²) in [6.45, 7) is 3.04. The Morgan fingerprint density at radius 1 is 1.20 bits per heavy atom. The van der Waals surface area contributed by atoms with Gasteiger partial charge in [-0.1, -0.05) is 25.1 Å². The molecule has 104 valence electrons. The van der Waals surface area contributed by atoms with E-state index in [0.717, 1.165) is 12.3 Å². The van der Waals surface area contributed by atoms with E-state index in [0.29, 0.717) is 6.10 Å². The Kier molecular flexibility index (Phi) is 3.97. The molecule has 1 heterocycles. The van der Waals surface area contributed by atoms with E-state index >= 15 is 0 Å². The van der Waals surface area contributed by atoms with Gasteiger partial charge in [-0.05, 0) is 48.7 Å². The van der Waals surface area contributed by atoms with Gasteiger partial charge in [0.1, 0.15) is 5.75 Å². The van der Waals surface area contributed by atoms with Gasteiger partial charge in [-0.3, -0.25) is 4.98 Å². The molecule has 1 atom stereocenters. The zero-order valence-corrected chi connectivity index (χ0v) is 11.8. The molecule has 1 unspecified atom stereocenters. The van der Waals surface area contributed by atoms with Crippen molar-refractivity contribution in [2.75, 3.05) is 6.54 Å². The molecule has 0 saturated heterocycles. The molecule has 0 spiro atoms. The van der Waals surface area contributed by atoms with Gasteiger partial charge in [0.25, 0.3) is 0 Å². The third-order valence-corrected chi connectivity index (χ3v) is 3.47. The summed E-state index contributed by atoms with van der Waals surface area (Å²) in [6, 6.07) is 12.7. The van der Waals surface area contributed by atoms with Crippen LogP contribution in [0.15, 0.2) is 48.8 Å². The highest BCUT2D eigenvalue weighted by molar-refractivity contribution is 5.34. The Hall–Kier alpha value is -1.87. The van der Waals surface area contributed by atoms with Crippen molar-refractivity contribution in [1.82, 2.24) is 10.3 Å². The molecule has 20 heavy (non-hydrogen) atoms. The molecule has 1 aliphatic rings. The molecule has 2 aromatic rings. The van der Waals surface area contributed by atoms with Crippen LogP contribution < -0.4 is 10.1 Å². The molecule has 0 aliphatic heterocycles. The normalized spacial score (nSPS) is 15.8. The fourth-order valence-electron chi connectivity index (χ4n) is 2.30. The molecule has 1 N–H and O–H groups in total. The first-order chi connectivity index (χ1) is 9.86. The monoisotopic (exact) mass is 268 g/mol. The smallest absolute Gasteiger partial charge is 0.119 e. The van der Waals surface area contributed by atoms with E-state index in [4.69, 9.17) is 4.74 Å². The average molecular weight is 268 g/mol. The van der Waals surface area contributed by atoms with E-state index in [2.05, 4.69) is 47.6 Å². The van der Waals surface area contributed by atoms with Crippen molar-refractivity contribution in [3.8, 4) is 5.75 Å². The summed E-state index contributed by atoms with van der Waals surface area (Å²) in [4.78, 5) is 4.21. The maximum atomic E-state index is 5.79. The van der Waals surface area contributed by atoms with Crippen molar-refractivity contribution in [3.63, 3.8) is 0 Å². The fourth-order valence-corrected chi connectivity index (χ4v) is 2.30. The molecule has 0 amide bonds. The SMILES string of the molecule is CCNC(c1ccc(OC2CC2)cc1)c1cccnc1. The predicted octanol–water partition coefficient (Wildman–Crippen LogP) is 3.32. The molecule has 1 aliphatic carbocycles. The number of aromatic nitrogens is 1. The molecular weight excluding hydrogens is 248 g/mol. The summed E-state index contributed by atoms with van der Waals surface area (Å²) in [5.74, 6) is 0.970. The van der Waals surface area contributed by atoms with Crippen molar-refractivity contribution in [3.05, 3.63) is 59.9 Å². The summed E-state index contributed by atoms with van der Waals surface area (Å²) in [6.07, 6.45) is 6.55. The summed E-state index contributed by atoms with van der Waals surface area (Å²) < 4.78 is 5.79. The maximum Gasteiger partial charge on any atom is 0.119 e. The van der Waals surface area contributed by atoms with Gasteiger partial charge in [0, 0.05) is 12.4 Å². The van der Waals surface area contributed by atoms with Crippen molar-refractivity contribution >= 4 is 0 Å². The fraction of sp³-hybridized carbons (Fsp3) is 0.353. The first-order valence-electron chi connectivity index (χ1n) is 7.26. The Morgan fingerprint density at radius 2 is 2.00 bits per heavy atom. The van der Waals surface area contributed by atoms with Gasteiger partial charge in [-0.15, -0.1) is 0 Å². The highest BCUT2D eigenvalue weighted by Gasteiger charge is 2.23. The maximum absolute atomic E-state index is 5.79. The summed E-state index contributed by atoms with van der Waals surface area (Å²) in [5, 5.41) is 3.51. The average Bonchev–Trinajstić information content (AvgIpc) is 3.31. The molecule has 3 nitrogen and oxygen atoms in total. The van der Waals surface area contributed by atoms with Crippen molar-refractivity contribution in [2.45, 2.75) is 31.9 Å². The second-order valence-electron chi connectivity index (χ2n) is 5.16. The van der Waals surface area contributed by atoms with Crippen LogP contribution in [0.4, 0.5) is 0 Å². The van der Waals surface area contributed by atoms with Crippen molar-refractivity contribution in [2.24, 2.45) is 0 Å². The first-order valence-corrected chi connectivity index (χ1v) is 7.26. The molecular formula is C17H20N2O. The lowest BCUT2D eigenvalue weighted by molar-refractivity contribution is 0.303. The van der Waals surface area contributed by atoms with Crippen LogP contribution in [-0.2, 0) is 0 Å². The minimum absolute atomic E-state index is 0.184. The second-order valence-corrected chi connectivity index (χ2v) is 5.16. The van der Waals surface area contributed by atoms with E-state index in [1.54, 1.807) is 6.20 Å². The van der Waals surface area contributed by atoms with Gasteiger partial charge in [-0.2, -0.15) is 0 Å². The van der Waals surface area contributed by atoms with Gasteiger partial charge < -0.3 is 10.1 Å². The van der Waals surface area contributed by atoms with Crippen LogP contribution in [0.3, 0.4) is 0 Å². The molecule has 1 aromatic heterocycles. The molecule has 1 aromatic carbocycles. The first kappa shape index (κ1) is 13.1. The lowest BCUT2D eigenvalue weighted by Crippen LogP contribution is -2.22. The van der Waals surface area contributed by atoms with Gasteiger partial charge in [-0.25, -0.2) is 0 Å². The van der Waals surface area contributed by atoms with E-state index in [1.807, 2.05) is 12.3 Å². The van der Waals surface area contributed by atoms with Crippen LogP contribution in [-0.4, -0.2) is 17.6 Å². The number of nitrogens with zero attached hydrogens (tertiary/aromatic N) is 1. The number of pyridine rings is 1. The minimum Gasteiger partial charge on any atom is -0.490 e. The summed E-state index contributed by atoms with van der Waals surface area (Å²) >= 11 is 0. The Labute approximate surface area is 120 Å². The van der Waals surface area contributed by atoms with E-state index in [-0.39, 0.29) is 6.04 Å². The Bertz CT molecular complexity index is 535. The highest BCUT2D eigenvalue weighted by Crippen LogP contribution is 2.28. The minimum atomic E-state index is 0.184. The highest BCUT2D eigenvalue weighted by atomic mass is 16.5. The van der Waals surface area contributed by atoms with Crippen LogP contribution in [0.1, 0.15) is 36.9 Å². The van der Waals surface area contributed by atoms with Gasteiger partial charge in [0.15, 0.2) is 0 Å². The number of hydrogen-bond acceptors (Lipinski definition) is 3. The topological polar surface area (TPSA) is 34.1 Å². The van der Waals surface area contributed by atoms with Crippen molar-refractivity contribution in [1.29, 1.82) is 0 Å². The molecule has 1 fully saturated rings. The predicted molar refractivity (Wildman–Crippen MR) is 79.8 cm³/mol. The molecule has 3 rings (SSSR count). The Morgan fingerprint density at radius 3 is 2.60 bits per heavy atom. The molecule has 3 heteroatoms. The number of hydrogen-bond donors (Lipinski definition) is 1. The third kappa shape index (κ3) is 3.17. The van der Waals surface area contributed by atoms with Crippen LogP contribution in [0, 0.1) is 0 Å². The van der Waals surface area contributed by atoms with Crippen LogP contribution in [0.25, 0.3) is 0 Å².